The third kappa shape index (κ3) is 1.62. The Morgan fingerprint density at radius 3 is 1.86 bits per heavy atom. The summed E-state index contributed by atoms with van der Waals surface area (Å²) in [6.45, 7) is 4.45. The van der Waals surface area contributed by atoms with E-state index in [-0.39, 0.29) is 5.11 Å². The van der Waals surface area contributed by atoms with E-state index in [9.17, 15) is 9.59 Å². The molecule has 4 nitrogen and oxygen atoms in total. The van der Waals surface area contributed by atoms with E-state index in [1.165, 1.54) is 9.80 Å². The predicted octanol–water partition coefficient (Wildman–Crippen LogP) is 0.589. The van der Waals surface area contributed by atoms with Crippen LogP contribution < -0.4 is 0 Å². The molecule has 1 heterocycles. The van der Waals surface area contributed by atoms with Crippen LogP contribution >= 0.6 is 23.8 Å². The van der Waals surface area contributed by atoms with Crippen LogP contribution in [0.5, 0.6) is 0 Å². The van der Waals surface area contributed by atoms with Gasteiger partial charge in [0.2, 0.25) is 0 Å². The lowest BCUT2D eigenvalue weighted by atomic mass is 10.2. The van der Waals surface area contributed by atoms with Gasteiger partial charge in [-0.1, -0.05) is 0 Å². The second kappa shape index (κ2) is 4.23. The first-order valence-electron chi connectivity index (χ1n) is 4.35. The molecule has 0 bridgehead atoms. The van der Waals surface area contributed by atoms with Crippen molar-refractivity contribution in [3.63, 3.8) is 0 Å². The molecule has 14 heavy (non-hydrogen) atoms. The molecule has 6 heteroatoms. The summed E-state index contributed by atoms with van der Waals surface area (Å²) in [4.78, 5) is 25.7. The van der Waals surface area contributed by atoms with Crippen molar-refractivity contribution in [1.82, 2.24) is 9.80 Å². The maximum Gasteiger partial charge on any atom is 0.256 e. The largest absolute Gasteiger partial charge is 0.287 e. The minimum Gasteiger partial charge on any atom is -0.287 e. The second-order valence-corrected chi connectivity index (χ2v) is 3.61. The first kappa shape index (κ1) is 11.4. The van der Waals surface area contributed by atoms with Gasteiger partial charge in [0.15, 0.2) is 10.5 Å². The molecular weight excluding hydrogens is 224 g/mol. The molecule has 0 aromatic heterocycles. The molecule has 1 fully saturated rings. The SMILES string of the molecule is CCN1C(=O)C(Cl)C(=O)N(CC)C1=S. The number of nitrogens with zero attached hydrogens (tertiary/aromatic N) is 2. The zero-order valence-corrected chi connectivity index (χ0v) is 9.56. The average Bonchev–Trinajstić information content (AvgIpc) is 2.16. The molecule has 0 unspecified atom stereocenters. The van der Waals surface area contributed by atoms with E-state index < -0.39 is 17.2 Å². The van der Waals surface area contributed by atoms with Gasteiger partial charge < -0.3 is 0 Å². The molecule has 0 aromatic carbocycles. The lowest BCUT2D eigenvalue weighted by Crippen LogP contribution is -2.60. The fraction of sp³-hybridized carbons (Fsp3) is 0.625. The van der Waals surface area contributed by atoms with Crippen molar-refractivity contribution >= 4 is 40.7 Å². The highest BCUT2D eigenvalue weighted by Crippen LogP contribution is 2.16. The molecule has 0 radical (unpaired) electrons. The van der Waals surface area contributed by atoms with Crippen LogP contribution in [0, 0.1) is 0 Å². The van der Waals surface area contributed by atoms with E-state index in [0.29, 0.717) is 13.1 Å². The van der Waals surface area contributed by atoms with Gasteiger partial charge in [-0.05, 0) is 26.1 Å². The van der Waals surface area contributed by atoms with Gasteiger partial charge >= 0.3 is 0 Å². The van der Waals surface area contributed by atoms with Gasteiger partial charge in [-0.25, -0.2) is 0 Å². The zero-order chi connectivity index (χ0) is 10.9. The summed E-state index contributed by atoms with van der Waals surface area (Å²) in [5, 5.41) is -0.872. The van der Waals surface area contributed by atoms with E-state index in [1.54, 1.807) is 13.8 Å². The Kier molecular flexibility index (Phi) is 3.44. The number of halogens is 1. The minimum absolute atomic E-state index is 0.252. The van der Waals surface area contributed by atoms with Gasteiger partial charge in [-0.2, -0.15) is 0 Å². The summed E-state index contributed by atoms with van der Waals surface area (Å²) in [7, 11) is 0. The molecule has 0 aromatic rings. The molecule has 1 aliphatic rings. The van der Waals surface area contributed by atoms with Gasteiger partial charge in [0.1, 0.15) is 0 Å². The summed E-state index contributed by atoms with van der Waals surface area (Å²) < 4.78 is 0. The van der Waals surface area contributed by atoms with Gasteiger partial charge in [0.25, 0.3) is 11.8 Å². The molecule has 1 rings (SSSR count). The van der Waals surface area contributed by atoms with E-state index >= 15 is 0 Å². The summed E-state index contributed by atoms with van der Waals surface area (Å²) in [5.74, 6) is -0.845. The average molecular weight is 235 g/mol. The van der Waals surface area contributed by atoms with Gasteiger partial charge in [-0.15, -0.1) is 11.6 Å². The van der Waals surface area contributed by atoms with Crippen molar-refractivity contribution in [2.45, 2.75) is 19.2 Å². The Bertz CT molecular complexity index is 269. The zero-order valence-electron chi connectivity index (χ0n) is 7.99. The van der Waals surface area contributed by atoms with E-state index in [0.717, 1.165) is 0 Å². The van der Waals surface area contributed by atoms with Crippen LogP contribution in [0.15, 0.2) is 0 Å². The van der Waals surface area contributed by atoms with Crippen LogP contribution in [-0.2, 0) is 9.59 Å². The summed E-state index contributed by atoms with van der Waals surface area (Å²) in [6, 6.07) is 0. The van der Waals surface area contributed by atoms with Crippen molar-refractivity contribution < 1.29 is 9.59 Å². The predicted molar refractivity (Wildman–Crippen MR) is 57.0 cm³/mol. The number of hydrogen-bond donors (Lipinski definition) is 0. The molecule has 78 valence electrons. The number of hydrogen-bond acceptors (Lipinski definition) is 3. The fourth-order valence-electron chi connectivity index (χ4n) is 1.30. The number of alkyl halides is 1. The quantitative estimate of drug-likeness (QED) is 0.399. The van der Waals surface area contributed by atoms with Gasteiger partial charge in [-0.3, -0.25) is 19.4 Å². The molecule has 1 saturated heterocycles. The molecule has 0 aliphatic carbocycles. The summed E-state index contributed by atoms with van der Waals surface area (Å²) in [5.41, 5.74) is 0. The number of amides is 2. The fourth-order valence-corrected chi connectivity index (χ4v) is 1.97. The Labute approximate surface area is 92.8 Å². The summed E-state index contributed by atoms with van der Waals surface area (Å²) >= 11 is 10.7. The van der Waals surface area contributed by atoms with Crippen molar-refractivity contribution in [3.8, 4) is 0 Å². The number of thiocarbonyl (C=S) groups is 1. The van der Waals surface area contributed by atoms with Crippen molar-refractivity contribution in [3.05, 3.63) is 0 Å². The normalized spacial score (nSPS) is 19.5. The Hall–Kier alpha value is -0.680. The van der Waals surface area contributed by atoms with Crippen LogP contribution in [0.2, 0.25) is 0 Å². The number of rotatable bonds is 2. The number of carbonyl (C=O) groups is 2. The van der Waals surface area contributed by atoms with Crippen LogP contribution in [0.4, 0.5) is 0 Å². The standard InChI is InChI=1S/C8H11ClN2O2S/c1-3-10-6(12)5(9)7(13)11(4-2)8(10)14/h5H,3-4H2,1-2H3. The van der Waals surface area contributed by atoms with E-state index in [1.807, 2.05) is 0 Å². The van der Waals surface area contributed by atoms with E-state index in [4.69, 9.17) is 23.8 Å². The van der Waals surface area contributed by atoms with Gasteiger partial charge in [0.05, 0.1) is 0 Å². The van der Waals surface area contributed by atoms with Crippen LogP contribution in [0.1, 0.15) is 13.8 Å². The molecule has 0 spiro atoms. The maximum absolute atomic E-state index is 11.5. The smallest absolute Gasteiger partial charge is 0.256 e. The molecule has 2 amide bonds. The lowest BCUT2D eigenvalue weighted by Gasteiger charge is -2.36. The second-order valence-electron chi connectivity index (χ2n) is 2.81. The highest BCUT2D eigenvalue weighted by atomic mass is 35.5. The topological polar surface area (TPSA) is 40.6 Å². The van der Waals surface area contributed by atoms with Gasteiger partial charge in [0, 0.05) is 13.1 Å². The van der Waals surface area contributed by atoms with Crippen LogP contribution in [0.3, 0.4) is 0 Å². The molecular formula is C8H11ClN2O2S. The van der Waals surface area contributed by atoms with Crippen LogP contribution in [0.25, 0.3) is 0 Å². The third-order valence-corrected chi connectivity index (χ3v) is 2.87. The van der Waals surface area contributed by atoms with Crippen LogP contribution in [-0.4, -0.2) is 45.2 Å². The molecule has 1 aliphatic heterocycles. The highest BCUT2D eigenvalue weighted by Gasteiger charge is 2.41. The van der Waals surface area contributed by atoms with Crippen molar-refractivity contribution in [2.24, 2.45) is 0 Å². The number of carbonyl (C=O) groups excluding carboxylic acids is 2. The Morgan fingerprint density at radius 2 is 1.57 bits per heavy atom. The maximum atomic E-state index is 11.5. The van der Waals surface area contributed by atoms with Crippen molar-refractivity contribution in [2.75, 3.05) is 13.1 Å². The Balaban J connectivity index is 3.00. The molecule has 0 N–H and O–H groups in total. The Morgan fingerprint density at radius 1 is 1.21 bits per heavy atom. The lowest BCUT2D eigenvalue weighted by molar-refractivity contribution is -0.139. The monoisotopic (exact) mass is 234 g/mol. The minimum atomic E-state index is -1.12. The molecule has 0 atom stereocenters. The first-order valence-corrected chi connectivity index (χ1v) is 5.19. The highest BCUT2D eigenvalue weighted by molar-refractivity contribution is 7.80. The summed E-state index contributed by atoms with van der Waals surface area (Å²) in [6.07, 6.45) is 0. The van der Waals surface area contributed by atoms with E-state index in [2.05, 4.69) is 0 Å². The first-order chi connectivity index (χ1) is 6.54. The third-order valence-electron chi connectivity index (χ3n) is 2.06. The molecule has 0 saturated carbocycles. The van der Waals surface area contributed by atoms with Crippen molar-refractivity contribution in [1.29, 1.82) is 0 Å².